The first-order valence-corrected chi connectivity index (χ1v) is 13.0. The summed E-state index contributed by atoms with van der Waals surface area (Å²) in [6.45, 7) is 0.587. The Morgan fingerprint density at radius 3 is 2.15 bits per heavy atom. The summed E-state index contributed by atoms with van der Waals surface area (Å²) in [5.41, 5.74) is -0.543. The number of aliphatic hydroxyl groups is 1. The maximum Gasteiger partial charge on any atom is 0.243 e. The van der Waals surface area contributed by atoms with Crippen molar-refractivity contribution in [2.24, 2.45) is 0 Å². The molecular weight excluding hydrogens is 534 g/mol. The molecule has 0 spiro atoms. The molecule has 0 unspecified atom stereocenters. The van der Waals surface area contributed by atoms with Gasteiger partial charge in [0.15, 0.2) is 17.3 Å². The van der Waals surface area contributed by atoms with Gasteiger partial charge in [0, 0.05) is 30.8 Å². The highest BCUT2D eigenvalue weighted by molar-refractivity contribution is 7.89. The molecular formula is C26H25NO11S. The van der Waals surface area contributed by atoms with E-state index in [-0.39, 0.29) is 41.1 Å². The predicted molar refractivity (Wildman–Crippen MR) is 139 cm³/mol. The number of phenolic OH excluding ortho intramolecular Hbond substituents is 4. The highest BCUT2D eigenvalue weighted by atomic mass is 32.2. The van der Waals surface area contributed by atoms with Crippen LogP contribution in [-0.4, -0.2) is 69.7 Å². The molecule has 206 valence electrons. The topological polar surface area (TPSA) is 198 Å². The fraction of sp³-hybridized carbons (Fsp3) is 0.192. The third-order valence-corrected chi connectivity index (χ3v) is 7.76. The van der Waals surface area contributed by atoms with Crippen LogP contribution >= 0.6 is 0 Å². The van der Waals surface area contributed by atoms with Gasteiger partial charge >= 0.3 is 0 Å². The summed E-state index contributed by atoms with van der Waals surface area (Å²) in [7, 11) is -3.97. The highest BCUT2D eigenvalue weighted by Crippen LogP contribution is 2.43. The van der Waals surface area contributed by atoms with Gasteiger partial charge in [-0.2, -0.15) is 4.31 Å². The normalized spacial score (nSPS) is 11.8. The Kier molecular flexibility index (Phi) is 7.58. The third kappa shape index (κ3) is 5.41. The summed E-state index contributed by atoms with van der Waals surface area (Å²) in [6, 6.07) is 10.1. The van der Waals surface area contributed by atoms with Gasteiger partial charge in [0.25, 0.3) is 0 Å². The first-order chi connectivity index (χ1) is 18.4. The first kappa shape index (κ1) is 27.6. The number of sulfonamides is 1. The van der Waals surface area contributed by atoms with Crippen molar-refractivity contribution in [1.82, 2.24) is 4.31 Å². The van der Waals surface area contributed by atoms with Gasteiger partial charge < -0.3 is 39.8 Å². The van der Waals surface area contributed by atoms with E-state index >= 15 is 0 Å². The quantitative estimate of drug-likeness (QED) is 0.176. The van der Waals surface area contributed by atoms with Crippen LogP contribution in [0.15, 0.2) is 62.6 Å². The standard InChI is InChI=1S/C26H25NO11S/c1-14-2-4-17(5-3-14)39(35,36)27(6-8-28)7-9-37-26-19(31)10-15(11-20(26)32)25-24(34)23(33)22-18(30)12-16(29)13-21(22)38-25/h2-5,10-13,28-32,34H,6-9H2,1H3. The molecule has 0 amide bonds. The minimum Gasteiger partial charge on any atom is -0.508 e. The second-order valence-corrected chi connectivity index (χ2v) is 10.5. The van der Waals surface area contributed by atoms with Gasteiger partial charge in [0.2, 0.25) is 27.0 Å². The highest BCUT2D eigenvalue weighted by Gasteiger charge is 2.25. The molecule has 0 fully saturated rings. The van der Waals surface area contributed by atoms with Crippen LogP contribution < -0.4 is 10.2 Å². The van der Waals surface area contributed by atoms with Crippen molar-refractivity contribution >= 4 is 21.0 Å². The predicted octanol–water partition coefficient (Wildman–Crippen LogP) is 2.36. The number of fused-ring (bicyclic) bond motifs is 1. The van der Waals surface area contributed by atoms with E-state index in [2.05, 4.69) is 0 Å². The van der Waals surface area contributed by atoms with Crippen molar-refractivity contribution in [2.75, 3.05) is 26.3 Å². The molecule has 0 aliphatic rings. The Morgan fingerprint density at radius 2 is 1.54 bits per heavy atom. The number of hydrogen-bond donors (Lipinski definition) is 6. The zero-order chi connectivity index (χ0) is 28.5. The molecule has 0 atom stereocenters. The summed E-state index contributed by atoms with van der Waals surface area (Å²) in [4.78, 5) is 12.6. The van der Waals surface area contributed by atoms with Gasteiger partial charge in [-0.05, 0) is 31.2 Å². The summed E-state index contributed by atoms with van der Waals surface area (Å²) in [5, 5.41) is 60.0. The van der Waals surface area contributed by atoms with E-state index in [9.17, 15) is 43.9 Å². The number of aliphatic hydroxyl groups excluding tert-OH is 1. The lowest BCUT2D eigenvalue weighted by molar-refractivity contribution is 0.220. The van der Waals surface area contributed by atoms with E-state index in [4.69, 9.17) is 9.15 Å². The molecule has 3 aromatic carbocycles. The summed E-state index contributed by atoms with van der Waals surface area (Å²) >= 11 is 0. The van der Waals surface area contributed by atoms with E-state index < -0.39 is 62.3 Å². The third-order valence-electron chi connectivity index (χ3n) is 5.84. The average Bonchev–Trinajstić information content (AvgIpc) is 2.86. The molecule has 4 rings (SSSR count). The Labute approximate surface area is 221 Å². The van der Waals surface area contributed by atoms with Gasteiger partial charge in [-0.15, -0.1) is 0 Å². The maximum absolute atomic E-state index is 13.0. The second-order valence-electron chi connectivity index (χ2n) is 8.58. The number of nitrogens with zero attached hydrogens (tertiary/aromatic N) is 1. The Morgan fingerprint density at radius 1 is 0.897 bits per heavy atom. The van der Waals surface area contributed by atoms with E-state index in [1.807, 2.05) is 6.92 Å². The van der Waals surface area contributed by atoms with Crippen molar-refractivity contribution in [1.29, 1.82) is 0 Å². The Bertz CT molecular complexity index is 1670. The van der Waals surface area contributed by atoms with Crippen LogP contribution in [0.4, 0.5) is 0 Å². The lowest BCUT2D eigenvalue weighted by atomic mass is 10.1. The van der Waals surface area contributed by atoms with Gasteiger partial charge in [0.1, 0.15) is 29.1 Å². The molecule has 0 aliphatic heterocycles. The molecule has 4 aromatic rings. The molecule has 0 saturated carbocycles. The summed E-state index contributed by atoms with van der Waals surface area (Å²) in [5.74, 6) is -4.07. The summed E-state index contributed by atoms with van der Waals surface area (Å²) in [6.07, 6.45) is 0. The smallest absolute Gasteiger partial charge is 0.243 e. The van der Waals surface area contributed by atoms with Crippen molar-refractivity contribution < 1.29 is 48.2 Å². The number of phenols is 4. The van der Waals surface area contributed by atoms with E-state index in [1.54, 1.807) is 12.1 Å². The lowest BCUT2D eigenvalue weighted by Crippen LogP contribution is -2.36. The van der Waals surface area contributed by atoms with Crippen molar-refractivity contribution in [2.45, 2.75) is 11.8 Å². The molecule has 0 saturated heterocycles. The zero-order valence-electron chi connectivity index (χ0n) is 20.5. The summed E-state index contributed by atoms with van der Waals surface area (Å²) < 4.78 is 37.8. The van der Waals surface area contributed by atoms with E-state index in [0.29, 0.717) is 0 Å². The van der Waals surface area contributed by atoms with Gasteiger partial charge in [-0.1, -0.05) is 17.7 Å². The van der Waals surface area contributed by atoms with Crippen molar-refractivity contribution in [3.05, 3.63) is 64.3 Å². The van der Waals surface area contributed by atoms with Gasteiger partial charge in [-0.25, -0.2) is 8.42 Å². The van der Waals surface area contributed by atoms with Gasteiger partial charge in [0.05, 0.1) is 11.5 Å². The van der Waals surface area contributed by atoms with Crippen LogP contribution in [0, 0.1) is 6.92 Å². The number of aromatic hydroxyl groups is 5. The first-order valence-electron chi connectivity index (χ1n) is 11.5. The average molecular weight is 560 g/mol. The van der Waals surface area contributed by atoms with Crippen LogP contribution in [0.3, 0.4) is 0 Å². The van der Waals surface area contributed by atoms with Crippen molar-refractivity contribution in [3.8, 4) is 45.8 Å². The number of rotatable bonds is 9. The molecule has 0 aliphatic carbocycles. The number of hydrogen-bond acceptors (Lipinski definition) is 11. The van der Waals surface area contributed by atoms with Crippen LogP contribution in [-0.2, 0) is 10.0 Å². The number of benzene rings is 3. The fourth-order valence-corrected chi connectivity index (χ4v) is 5.34. The Balaban J connectivity index is 1.59. The molecule has 39 heavy (non-hydrogen) atoms. The van der Waals surface area contributed by atoms with Crippen molar-refractivity contribution in [3.63, 3.8) is 0 Å². The van der Waals surface area contributed by atoms with Crippen LogP contribution in [0.1, 0.15) is 5.56 Å². The SMILES string of the molecule is Cc1ccc(S(=O)(=O)N(CCO)CCOc2c(O)cc(-c3oc4cc(O)cc(O)c4c(=O)c3O)cc2O)cc1. The Hall–Kier alpha value is -4.46. The minimum atomic E-state index is -3.97. The molecule has 12 nitrogen and oxygen atoms in total. The van der Waals surface area contributed by atoms with Crippen LogP contribution in [0.2, 0.25) is 0 Å². The lowest BCUT2D eigenvalue weighted by Gasteiger charge is -2.22. The maximum atomic E-state index is 13.0. The molecule has 0 radical (unpaired) electrons. The molecule has 1 heterocycles. The molecule has 13 heteroatoms. The van der Waals surface area contributed by atoms with E-state index in [1.165, 1.54) is 12.1 Å². The van der Waals surface area contributed by atoms with Crippen LogP contribution in [0.25, 0.3) is 22.3 Å². The van der Waals surface area contributed by atoms with Crippen LogP contribution in [0.5, 0.6) is 34.5 Å². The molecule has 0 bridgehead atoms. The number of ether oxygens (including phenoxy) is 1. The monoisotopic (exact) mass is 559 g/mol. The molecule has 6 N–H and O–H groups in total. The fourth-order valence-electron chi connectivity index (χ4n) is 3.92. The second kappa shape index (κ2) is 10.7. The zero-order valence-corrected chi connectivity index (χ0v) is 21.3. The van der Waals surface area contributed by atoms with Gasteiger partial charge in [-0.3, -0.25) is 4.79 Å². The molecule has 1 aromatic heterocycles. The number of aryl methyl sites for hydroxylation is 1. The largest absolute Gasteiger partial charge is 0.508 e. The minimum absolute atomic E-state index is 0.0231. The van der Waals surface area contributed by atoms with E-state index in [0.717, 1.165) is 34.1 Å².